The third-order valence-electron chi connectivity index (χ3n) is 3.24. The van der Waals surface area contributed by atoms with Gasteiger partial charge in [-0.1, -0.05) is 44.9 Å². The molecule has 16 heavy (non-hydrogen) atoms. The molecular weight excluding hydrogens is 201 g/mol. The maximum Gasteiger partial charge on any atom is 0.127 e. The Balaban J connectivity index is 2.52. The van der Waals surface area contributed by atoms with Crippen LogP contribution in [0.2, 0.25) is 0 Å². The summed E-state index contributed by atoms with van der Waals surface area (Å²) in [4.78, 5) is 0. The summed E-state index contributed by atoms with van der Waals surface area (Å²) in [6, 6.07) is 7.06. The van der Waals surface area contributed by atoms with Gasteiger partial charge >= 0.3 is 0 Å². The molecule has 1 aromatic rings. The average Bonchev–Trinajstić information content (AvgIpc) is 2.30. The van der Waals surface area contributed by atoms with E-state index in [0.717, 1.165) is 12.1 Å². The van der Waals surface area contributed by atoms with Crippen LogP contribution in [0.15, 0.2) is 24.3 Å². The first kappa shape index (κ1) is 13.2. The number of benzene rings is 1. The lowest BCUT2D eigenvalue weighted by Crippen LogP contribution is -2.25. The molecule has 90 valence electrons. The summed E-state index contributed by atoms with van der Waals surface area (Å²) in [5, 5.41) is 3.40. The molecule has 0 radical (unpaired) electrons. The fourth-order valence-electron chi connectivity index (χ4n) is 1.86. The molecule has 0 spiro atoms. The predicted octanol–water partition coefficient (Wildman–Crippen LogP) is 3.91. The van der Waals surface area contributed by atoms with Gasteiger partial charge in [0.15, 0.2) is 0 Å². The topological polar surface area (TPSA) is 12.0 Å². The SMILES string of the molecule is CCC(CC)CNC(C)c1ccccc1F. The minimum absolute atomic E-state index is 0.0850. The van der Waals surface area contributed by atoms with E-state index in [-0.39, 0.29) is 11.9 Å². The molecule has 0 heterocycles. The van der Waals surface area contributed by atoms with Gasteiger partial charge in [-0.05, 0) is 25.5 Å². The van der Waals surface area contributed by atoms with Crippen molar-refractivity contribution in [1.82, 2.24) is 5.32 Å². The summed E-state index contributed by atoms with van der Waals surface area (Å²) in [6.07, 6.45) is 2.35. The molecule has 1 nitrogen and oxygen atoms in total. The molecule has 1 rings (SSSR count). The van der Waals surface area contributed by atoms with Gasteiger partial charge in [-0.2, -0.15) is 0 Å². The molecule has 0 aliphatic carbocycles. The second-order valence-corrected chi connectivity index (χ2v) is 4.33. The molecule has 0 aromatic heterocycles. The highest BCUT2D eigenvalue weighted by Gasteiger charge is 2.11. The first-order valence-corrected chi connectivity index (χ1v) is 6.16. The number of nitrogens with one attached hydrogen (secondary N) is 1. The van der Waals surface area contributed by atoms with Gasteiger partial charge in [0.2, 0.25) is 0 Å². The van der Waals surface area contributed by atoms with Gasteiger partial charge in [0.25, 0.3) is 0 Å². The van der Waals surface area contributed by atoms with Crippen LogP contribution in [0.3, 0.4) is 0 Å². The molecule has 0 aliphatic heterocycles. The second-order valence-electron chi connectivity index (χ2n) is 4.33. The molecule has 0 saturated heterocycles. The molecule has 1 atom stereocenters. The molecule has 0 amide bonds. The minimum Gasteiger partial charge on any atom is -0.310 e. The van der Waals surface area contributed by atoms with E-state index in [1.807, 2.05) is 19.1 Å². The Morgan fingerprint density at radius 3 is 2.38 bits per heavy atom. The second kappa shape index (κ2) is 6.64. The third-order valence-corrected chi connectivity index (χ3v) is 3.24. The summed E-state index contributed by atoms with van der Waals surface area (Å²) in [5.74, 6) is 0.571. The van der Waals surface area contributed by atoms with E-state index in [1.165, 1.54) is 18.9 Å². The average molecular weight is 223 g/mol. The largest absolute Gasteiger partial charge is 0.310 e. The summed E-state index contributed by atoms with van der Waals surface area (Å²) >= 11 is 0. The van der Waals surface area contributed by atoms with Gasteiger partial charge in [0, 0.05) is 11.6 Å². The molecule has 0 aliphatic rings. The first-order chi connectivity index (χ1) is 7.69. The van der Waals surface area contributed by atoms with Crippen LogP contribution in [-0.4, -0.2) is 6.54 Å². The van der Waals surface area contributed by atoms with Crippen LogP contribution in [0.5, 0.6) is 0 Å². The van der Waals surface area contributed by atoms with Crippen molar-refractivity contribution in [3.8, 4) is 0 Å². The molecule has 0 fully saturated rings. The van der Waals surface area contributed by atoms with Gasteiger partial charge in [-0.3, -0.25) is 0 Å². The van der Waals surface area contributed by atoms with Crippen LogP contribution in [0.4, 0.5) is 4.39 Å². The van der Waals surface area contributed by atoms with Crippen molar-refractivity contribution >= 4 is 0 Å². The third kappa shape index (κ3) is 3.60. The number of rotatable bonds is 6. The Morgan fingerprint density at radius 2 is 1.81 bits per heavy atom. The van der Waals surface area contributed by atoms with Crippen molar-refractivity contribution in [3.05, 3.63) is 35.6 Å². The number of halogens is 1. The van der Waals surface area contributed by atoms with E-state index in [0.29, 0.717) is 5.92 Å². The smallest absolute Gasteiger partial charge is 0.127 e. The lowest BCUT2D eigenvalue weighted by atomic mass is 10.0. The Bertz CT molecular complexity index is 307. The number of hydrogen-bond acceptors (Lipinski definition) is 1. The molecular formula is C14H22FN. The summed E-state index contributed by atoms with van der Waals surface area (Å²) in [5.41, 5.74) is 0.758. The lowest BCUT2D eigenvalue weighted by Gasteiger charge is -2.19. The van der Waals surface area contributed by atoms with Crippen LogP contribution >= 0.6 is 0 Å². The Kier molecular flexibility index (Phi) is 5.47. The maximum absolute atomic E-state index is 13.5. The highest BCUT2D eigenvalue weighted by atomic mass is 19.1. The van der Waals surface area contributed by atoms with Crippen molar-refractivity contribution < 1.29 is 4.39 Å². The standard InChI is InChI=1S/C14H22FN/c1-4-12(5-2)10-16-11(3)13-8-6-7-9-14(13)15/h6-9,11-12,16H,4-5,10H2,1-3H3. The Morgan fingerprint density at radius 1 is 1.19 bits per heavy atom. The molecule has 0 bridgehead atoms. The van der Waals surface area contributed by atoms with E-state index in [9.17, 15) is 4.39 Å². The molecule has 0 saturated carbocycles. The normalized spacial score (nSPS) is 13.1. The van der Waals surface area contributed by atoms with Crippen LogP contribution in [-0.2, 0) is 0 Å². The van der Waals surface area contributed by atoms with E-state index in [2.05, 4.69) is 19.2 Å². The first-order valence-electron chi connectivity index (χ1n) is 6.16. The van der Waals surface area contributed by atoms with E-state index in [4.69, 9.17) is 0 Å². The monoisotopic (exact) mass is 223 g/mol. The molecule has 1 aromatic carbocycles. The van der Waals surface area contributed by atoms with Crippen LogP contribution in [0.25, 0.3) is 0 Å². The summed E-state index contributed by atoms with van der Waals surface area (Å²) in [7, 11) is 0. The van der Waals surface area contributed by atoms with Gasteiger partial charge in [0.05, 0.1) is 0 Å². The van der Waals surface area contributed by atoms with Crippen molar-refractivity contribution in [2.24, 2.45) is 5.92 Å². The number of hydrogen-bond donors (Lipinski definition) is 1. The zero-order valence-electron chi connectivity index (χ0n) is 10.5. The highest BCUT2D eigenvalue weighted by molar-refractivity contribution is 5.20. The van der Waals surface area contributed by atoms with Crippen LogP contribution in [0, 0.1) is 11.7 Å². The minimum atomic E-state index is -0.118. The maximum atomic E-state index is 13.5. The van der Waals surface area contributed by atoms with Crippen molar-refractivity contribution in [3.63, 3.8) is 0 Å². The fourth-order valence-corrected chi connectivity index (χ4v) is 1.86. The Hall–Kier alpha value is -0.890. The van der Waals surface area contributed by atoms with Gasteiger partial charge in [-0.15, -0.1) is 0 Å². The zero-order chi connectivity index (χ0) is 12.0. The molecule has 1 unspecified atom stereocenters. The van der Waals surface area contributed by atoms with Crippen molar-refractivity contribution in [2.45, 2.75) is 39.7 Å². The van der Waals surface area contributed by atoms with Crippen LogP contribution in [0.1, 0.15) is 45.2 Å². The molecule has 2 heteroatoms. The zero-order valence-corrected chi connectivity index (χ0v) is 10.5. The lowest BCUT2D eigenvalue weighted by molar-refractivity contribution is 0.416. The Labute approximate surface area is 98.1 Å². The van der Waals surface area contributed by atoms with Crippen molar-refractivity contribution in [1.29, 1.82) is 0 Å². The molecule has 1 N–H and O–H groups in total. The summed E-state index contributed by atoms with van der Waals surface area (Å²) < 4.78 is 13.5. The predicted molar refractivity (Wildman–Crippen MR) is 66.9 cm³/mol. The van der Waals surface area contributed by atoms with E-state index < -0.39 is 0 Å². The van der Waals surface area contributed by atoms with Gasteiger partial charge in [-0.25, -0.2) is 4.39 Å². The van der Waals surface area contributed by atoms with Gasteiger partial charge in [0.1, 0.15) is 5.82 Å². The van der Waals surface area contributed by atoms with Gasteiger partial charge < -0.3 is 5.32 Å². The highest BCUT2D eigenvalue weighted by Crippen LogP contribution is 2.17. The fraction of sp³-hybridized carbons (Fsp3) is 0.571. The quantitative estimate of drug-likeness (QED) is 0.771. The van der Waals surface area contributed by atoms with E-state index in [1.54, 1.807) is 6.07 Å². The van der Waals surface area contributed by atoms with Crippen molar-refractivity contribution in [2.75, 3.05) is 6.54 Å². The summed E-state index contributed by atoms with van der Waals surface area (Å²) in [6.45, 7) is 7.37. The van der Waals surface area contributed by atoms with Crippen LogP contribution < -0.4 is 5.32 Å². The van der Waals surface area contributed by atoms with E-state index >= 15 is 0 Å².